The highest BCUT2D eigenvalue weighted by Crippen LogP contribution is 2.46. The molecule has 13 atom stereocenters. The Morgan fingerprint density at radius 1 is 0.608 bits per heavy atom. The molecular formula is C73H89N9O20. The molecule has 2 aliphatic carbocycles. The van der Waals surface area contributed by atoms with Gasteiger partial charge in [0.05, 0.1) is 43.2 Å². The van der Waals surface area contributed by atoms with Gasteiger partial charge in [0.1, 0.15) is 55.1 Å². The number of hydrogen-bond acceptors (Lipinski definition) is 20. The van der Waals surface area contributed by atoms with Gasteiger partial charge in [-0.2, -0.15) is 0 Å². The molecule has 0 bridgehead atoms. The Labute approximate surface area is 588 Å². The van der Waals surface area contributed by atoms with Crippen LogP contribution in [0, 0.1) is 5.92 Å². The molecule has 3 saturated heterocycles. The fraction of sp³-hybridized carbons (Fsp3) is 0.466. The van der Waals surface area contributed by atoms with Crippen LogP contribution in [0.15, 0.2) is 115 Å². The zero-order valence-corrected chi connectivity index (χ0v) is 57.2. The number of alkyl carbamates (subject to hydrolysis) is 3. The second kappa shape index (κ2) is 32.8. The minimum absolute atomic E-state index is 0.0633. The molecule has 5 aromatic rings. The van der Waals surface area contributed by atoms with E-state index in [1.54, 1.807) is 0 Å². The molecule has 5 aliphatic rings. The van der Waals surface area contributed by atoms with Crippen molar-refractivity contribution in [1.82, 2.24) is 47.0 Å². The fourth-order valence-electron chi connectivity index (χ4n) is 13.8. The lowest BCUT2D eigenvalue weighted by atomic mass is 9.98. The van der Waals surface area contributed by atoms with Crippen molar-refractivity contribution in [1.29, 1.82) is 0 Å². The number of β-amino-alcohol motifs (C(OH)–C–C–N with tert-alkyl or cyclic N) is 1. The molecule has 29 nitrogen and oxygen atoms in total. The molecule has 3 heterocycles. The van der Waals surface area contributed by atoms with Crippen LogP contribution >= 0.6 is 0 Å². The number of amides is 9. The fourth-order valence-corrected chi connectivity index (χ4v) is 13.8. The van der Waals surface area contributed by atoms with Gasteiger partial charge in [-0.1, -0.05) is 110 Å². The third kappa shape index (κ3) is 17.7. The molecule has 546 valence electrons. The predicted octanol–water partition coefficient (Wildman–Crippen LogP) is 1.67. The summed E-state index contributed by atoms with van der Waals surface area (Å²) >= 11 is 0. The third-order valence-electron chi connectivity index (χ3n) is 18.8. The molecule has 5 aromatic carbocycles. The Morgan fingerprint density at radius 2 is 1.14 bits per heavy atom. The van der Waals surface area contributed by atoms with Crippen LogP contribution in [0.5, 0.6) is 11.5 Å². The maximum absolute atomic E-state index is 15.3. The Kier molecular flexibility index (Phi) is 24.1. The third-order valence-corrected chi connectivity index (χ3v) is 18.8. The first kappa shape index (κ1) is 74.8. The molecule has 0 unspecified atom stereocenters. The highest BCUT2D eigenvalue weighted by molar-refractivity contribution is 5.98. The van der Waals surface area contributed by atoms with E-state index < -0.39 is 183 Å². The lowest BCUT2D eigenvalue weighted by molar-refractivity contribution is -0.147. The van der Waals surface area contributed by atoms with Crippen LogP contribution in [0.3, 0.4) is 0 Å². The minimum Gasteiger partial charge on any atom is -0.504 e. The first-order valence-electron chi connectivity index (χ1n) is 34.2. The summed E-state index contributed by atoms with van der Waals surface area (Å²) in [5, 5.41) is 98.2. The molecule has 10 rings (SSSR count). The number of nitrogens with zero attached hydrogens (tertiary/aromatic N) is 2. The average molecular weight is 1410 g/mol. The van der Waals surface area contributed by atoms with Crippen LogP contribution < -0.4 is 42.0 Å². The monoisotopic (exact) mass is 1410 g/mol. The van der Waals surface area contributed by atoms with Crippen LogP contribution in [0.2, 0.25) is 0 Å². The van der Waals surface area contributed by atoms with Crippen molar-refractivity contribution in [3.63, 3.8) is 0 Å². The number of carbonyl (C=O) groups is 9. The molecular weight excluding hydrogens is 1320 g/mol. The van der Waals surface area contributed by atoms with Gasteiger partial charge in [0, 0.05) is 69.7 Å². The summed E-state index contributed by atoms with van der Waals surface area (Å²) in [5.74, 6) is -8.90. The van der Waals surface area contributed by atoms with Crippen molar-refractivity contribution < 1.29 is 97.8 Å². The lowest BCUT2D eigenvalue weighted by Crippen LogP contribution is -2.64. The molecule has 0 saturated carbocycles. The van der Waals surface area contributed by atoms with Crippen LogP contribution in [0.25, 0.3) is 22.3 Å². The molecule has 3 aliphatic heterocycles. The van der Waals surface area contributed by atoms with Crippen molar-refractivity contribution in [3.05, 3.63) is 143 Å². The Balaban J connectivity index is 0.895. The largest absolute Gasteiger partial charge is 0.504 e. The van der Waals surface area contributed by atoms with Crippen molar-refractivity contribution >= 4 is 53.7 Å². The lowest BCUT2D eigenvalue weighted by Gasteiger charge is -2.34. The molecule has 0 radical (unpaired) electrons. The van der Waals surface area contributed by atoms with E-state index in [1.165, 1.54) is 45.9 Å². The van der Waals surface area contributed by atoms with Crippen molar-refractivity contribution in [2.24, 2.45) is 5.92 Å². The van der Waals surface area contributed by atoms with Gasteiger partial charge < -0.3 is 102 Å². The Morgan fingerprint density at radius 3 is 1.70 bits per heavy atom. The van der Waals surface area contributed by atoms with Gasteiger partial charge in [0.2, 0.25) is 35.4 Å². The molecule has 0 spiro atoms. The van der Waals surface area contributed by atoms with E-state index in [0.29, 0.717) is 0 Å². The maximum Gasteiger partial charge on any atom is 0.408 e. The molecule has 29 heteroatoms. The predicted molar refractivity (Wildman–Crippen MR) is 366 cm³/mol. The number of hydrogen-bond donors (Lipinski definition) is 14. The summed E-state index contributed by atoms with van der Waals surface area (Å²) in [4.78, 5) is 130. The molecule has 14 N–H and O–H groups in total. The van der Waals surface area contributed by atoms with Gasteiger partial charge in [-0.05, 0) is 103 Å². The van der Waals surface area contributed by atoms with E-state index in [-0.39, 0.29) is 68.2 Å². The van der Waals surface area contributed by atoms with Crippen LogP contribution in [-0.4, -0.2) is 230 Å². The summed E-state index contributed by atoms with van der Waals surface area (Å²) in [6, 6.07) is 23.6. The van der Waals surface area contributed by atoms with Crippen LogP contribution in [0.4, 0.5) is 14.4 Å². The number of ether oxygens (including phenoxy) is 4. The average Bonchev–Trinajstić information content (AvgIpc) is 1.62. The van der Waals surface area contributed by atoms with Crippen molar-refractivity contribution in [3.8, 4) is 33.8 Å². The number of fused-ring (bicyclic) bond motifs is 8. The number of benzene rings is 5. The normalized spacial score (nSPS) is 24.3. The van der Waals surface area contributed by atoms with Gasteiger partial charge in [-0.25, -0.2) is 14.4 Å². The number of aliphatic hydroxyl groups is 6. The van der Waals surface area contributed by atoms with Gasteiger partial charge >= 0.3 is 18.3 Å². The summed E-state index contributed by atoms with van der Waals surface area (Å²) in [6.07, 6.45) is -15.3. The number of phenolic OH excluding ortho intramolecular Hbond substituents is 1. The Bertz CT molecular complexity index is 3810. The minimum atomic E-state index is -2.17. The van der Waals surface area contributed by atoms with Gasteiger partial charge in [0.15, 0.2) is 11.5 Å². The van der Waals surface area contributed by atoms with Crippen molar-refractivity contribution in [2.45, 2.75) is 157 Å². The summed E-state index contributed by atoms with van der Waals surface area (Å²) < 4.78 is 22.6. The number of aliphatic hydroxyl groups excluding tert-OH is 6. The van der Waals surface area contributed by atoms with Crippen LogP contribution in [0.1, 0.15) is 100.0 Å². The van der Waals surface area contributed by atoms with E-state index in [9.17, 15) is 69.3 Å². The van der Waals surface area contributed by atoms with Gasteiger partial charge in [-0.3, -0.25) is 28.8 Å². The summed E-state index contributed by atoms with van der Waals surface area (Å²) in [5.41, 5.74) is 7.14. The van der Waals surface area contributed by atoms with E-state index in [2.05, 4.69) is 37.2 Å². The standard InChI is InChI=1S/C73H89N9O20/c1-38-34-82-62(63(38)89)67(93)76-33-41(84)31-53(77-72(98)102-73(3,4)5)64(90)78-59(39(2)83)68(94)81-35-42(85)32-54(81)65(91)79-60(66(92)80-61(69(82)95)56(87)25-27-75-71(97)101-37-52-49-21-12-8-17-45(49)46-18-9-13-22-50(46)52)57(88)29-40-23-24-55(86)58(30-40)99-28-14-26-74-70(96)100-36-51-47-19-10-6-15-43(47)44-16-7-11-20-48(44)51/h6-13,15-24,30,38-39,41-42,51-54,56-57,59-63,83-89H,14,25-29,31-37H2,1-5H3,(H,74,96)(H,75,97)(H,76,93)(H,77,98)(H,78,90)(H,79,91)(H,80,92)/t38-,39+,41+,42+,53-,54-,56+,57+,59-,60-,61-,62-,63-/m0/s1. The summed E-state index contributed by atoms with van der Waals surface area (Å²) in [6.45, 7) is 5.23. The number of phenols is 1. The highest BCUT2D eigenvalue weighted by atomic mass is 16.6. The van der Waals surface area contributed by atoms with E-state index in [0.717, 1.165) is 61.2 Å². The smallest absolute Gasteiger partial charge is 0.408 e. The van der Waals surface area contributed by atoms with Crippen LogP contribution in [-0.2, 0) is 49.4 Å². The molecule has 102 heavy (non-hydrogen) atoms. The zero-order chi connectivity index (χ0) is 73.3. The van der Waals surface area contributed by atoms with E-state index in [4.69, 9.17) is 18.9 Å². The molecule has 0 aromatic heterocycles. The molecule has 9 amide bonds. The number of carbonyl (C=O) groups excluding carboxylic acids is 9. The van der Waals surface area contributed by atoms with Crippen molar-refractivity contribution in [2.75, 3.05) is 52.5 Å². The number of nitrogens with one attached hydrogen (secondary N) is 7. The van der Waals surface area contributed by atoms with E-state index in [1.807, 2.05) is 97.1 Å². The highest BCUT2D eigenvalue weighted by Gasteiger charge is 2.50. The number of aromatic hydroxyl groups is 1. The summed E-state index contributed by atoms with van der Waals surface area (Å²) in [7, 11) is 0. The first-order valence-corrected chi connectivity index (χ1v) is 34.2. The Hall–Kier alpha value is -9.91. The van der Waals surface area contributed by atoms with E-state index >= 15 is 9.59 Å². The second-order valence-electron chi connectivity index (χ2n) is 27.5. The maximum atomic E-state index is 15.3. The van der Waals surface area contributed by atoms with Gasteiger partial charge in [-0.15, -0.1) is 0 Å². The number of rotatable bonds is 18. The quantitative estimate of drug-likeness (QED) is 0.0438. The zero-order valence-electron chi connectivity index (χ0n) is 57.2. The molecule has 3 fully saturated rings. The van der Waals surface area contributed by atoms with Gasteiger partial charge in [0.25, 0.3) is 0 Å². The first-order chi connectivity index (χ1) is 48.7. The topological polar surface area (TPSA) is 423 Å². The second-order valence-corrected chi connectivity index (χ2v) is 27.5. The SMILES string of the molecule is C[C@@H](O)[C@@H]1NC(=O)[C@@H](NC(=O)OC(C)(C)C)C[C@@H](O)CNC(=O)[C@@H]2[C@@H](O)[C@@H](C)CN2C(=O)[C@H]([C@H](O)CCNC(=O)OCC2c3ccccc3-c3ccccc32)NC(=O)[C@H]([C@H](O)Cc2ccc(O)c(OCCCNC(=O)OCC3c4ccccc4-c4ccccc43)c2)NC(=O)[C@@H]2C[C@@H](O)CN2C1=O.